The zero-order valence-electron chi connectivity index (χ0n) is 14.8. The lowest BCUT2D eigenvalue weighted by molar-refractivity contribution is -0.117. The fourth-order valence-electron chi connectivity index (χ4n) is 2.77. The highest BCUT2D eigenvalue weighted by atomic mass is 16.3. The van der Waals surface area contributed by atoms with Gasteiger partial charge >= 0.3 is 0 Å². The van der Waals surface area contributed by atoms with E-state index in [0.717, 1.165) is 50.5 Å². The molecule has 0 unspecified atom stereocenters. The van der Waals surface area contributed by atoms with Crippen LogP contribution in [0.2, 0.25) is 0 Å². The molecule has 0 heterocycles. The van der Waals surface area contributed by atoms with Gasteiger partial charge in [0.2, 0.25) is 0 Å². The van der Waals surface area contributed by atoms with E-state index in [1.165, 1.54) is 5.56 Å². The Hall–Kier alpha value is -1.59. The van der Waals surface area contributed by atoms with Gasteiger partial charge in [0.1, 0.15) is 11.4 Å². The molecule has 0 radical (unpaired) electrons. The molecule has 23 heavy (non-hydrogen) atoms. The largest absolute Gasteiger partial charge is 0.378 e. The van der Waals surface area contributed by atoms with Crippen LogP contribution in [0.1, 0.15) is 76.8 Å². The predicted molar refractivity (Wildman–Crippen MR) is 96.3 cm³/mol. The minimum atomic E-state index is -0.860. The lowest BCUT2D eigenvalue weighted by Crippen LogP contribution is -2.25. The lowest BCUT2D eigenvalue weighted by atomic mass is 9.93. The van der Waals surface area contributed by atoms with Crippen molar-refractivity contribution in [3.8, 4) is 11.8 Å². The van der Waals surface area contributed by atoms with Crippen LogP contribution >= 0.6 is 0 Å². The Balaban J connectivity index is 2.69. The van der Waals surface area contributed by atoms with E-state index in [1.807, 2.05) is 12.1 Å². The number of benzene rings is 1. The molecule has 0 aromatic heterocycles. The summed E-state index contributed by atoms with van der Waals surface area (Å²) in [4.78, 5) is 11.0. The zero-order valence-corrected chi connectivity index (χ0v) is 14.8. The first-order valence-corrected chi connectivity index (χ1v) is 8.83. The van der Waals surface area contributed by atoms with Gasteiger partial charge in [-0.3, -0.25) is 0 Å². The van der Waals surface area contributed by atoms with E-state index in [0.29, 0.717) is 6.42 Å². The minimum Gasteiger partial charge on any atom is -0.378 e. The van der Waals surface area contributed by atoms with E-state index in [4.69, 9.17) is 0 Å². The maximum atomic E-state index is 11.0. The first-order chi connectivity index (χ1) is 11.0. The van der Waals surface area contributed by atoms with Crippen LogP contribution in [0.15, 0.2) is 24.3 Å². The van der Waals surface area contributed by atoms with Crippen LogP contribution in [0.3, 0.4) is 0 Å². The van der Waals surface area contributed by atoms with Crippen molar-refractivity contribution in [3.05, 3.63) is 35.4 Å². The van der Waals surface area contributed by atoms with Crippen molar-refractivity contribution >= 4 is 5.78 Å². The highest BCUT2D eigenvalue weighted by molar-refractivity contribution is 5.75. The molecular weight excluding hydrogens is 284 g/mol. The summed E-state index contributed by atoms with van der Waals surface area (Å²) in [6, 6.07) is 8.20. The molecule has 2 nitrogen and oxygen atoms in total. The molecule has 1 aromatic carbocycles. The number of aliphatic hydroxyl groups is 1. The van der Waals surface area contributed by atoms with Crippen molar-refractivity contribution < 1.29 is 9.90 Å². The van der Waals surface area contributed by atoms with E-state index in [-0.39, 0.29) is 5.78 Å². The molecule has 2 heteroatoms. The van der Waals surface area contributed by atoms with Gasteiger partial charge in [0.25, 0.3) is 0 Å². The van der Waals surface area contributed by atoms with Gasteiger partial charge in [-0.15, -0.1) is 0 Å². The second kappa shape index (κ2) is 10.2. The average Bonchev–Trinajstić information content (AvgIpc) is 2.51. The number of Topliss-reactive ketones (excluding diaryl/α,β-unsaturated/α-hetero) is 1. The zero-order chi connectivity index (χ0) is 17.1. The van der Waals surface area contributed by atoms with Gasteiger partial charge in [0.05, 0.1) is 0 Å². The van der Waals surface area contributed by atoms with Crippen molar-refractivity contribution in [3.63, 3.8) is 0 Å². The maximum Gasteiger partial charge on any atom is 0.129 e. The van der Waals surface area contributed by atoms with Crippen molar-refractivity contribution in [2.45, 2.75) is 77.7 Å². The molecule has 0 saturated heterocycles. The molecule has 0 fully saturated rings. The van der Waals surface area contributed by atoms with Gasteiger partial charge in [-0.25, -0.2) is 0 Å². The van der Waals surface area contributed by atoms with E-state index in [9.17, 15) is 9.90 Å². The molecule has 1 N–H and O–H groups in total. The van der Waals surface area contributed by atoms with Gasteiger partial charge in [0, 0.05) is 12.0 Å². The molecule has 0 aliphatic heterocycles. The van der Waals surface area contributed by atoms with E-state index in [2.05, 4.69) is 37.8 Å². The van der Waals surface area contributed by atoms with Crippen LogP contribution in [0.5, 0.6) is 0 Å². The van der Waals surface area contributed by atoms with E-state index < -0.39 is 5.60 Å². The fraction of sp³-hybridized carbons (Fsp3) is 0.571. The van der Waals surface area contributed by atoms with Crippen LogP contribution in [0.25, 0.3) is 0 Å². The SMILES string of the molecule is CCCC(O)(C#Cc1cccc(CCCCC(C)=O)c1)CCC. The highest BCUT2D eigenvalue weighted by Crippen LogP contribution is 2.19. The molecule has 0 aliphatic carbocycles. The van der Waals surface area contributed by atoms with Crippen molar-refractivity contribution in [1.82, 2.24) is 0 Å². The van der Waals surface area contributed by atoms with Crippen molar-refractivity contribution in [1.29, 1.82) is 0 Å². The van der Waals surface area contributed by atoms with Crippen molar-refractivity contribution in [2.75, 3.05) is 0 Å². The molecule has 1 aromatic rings. The number of hydrogen-bond donors (Lipinski definition) is 1. The van der Waals surface area contributed by atoms with Gasteiger partial charge in [-0.2, -0.15) is 0 Å². The number of ketones is 1. The summed E-state index contributed by atoms with van der Waals surface area (Å²) < 4.78 is 0. The summed E-state index contributed by atoms with van der Waals surface area (Å²) in [5.41, 5.74) is 1.34. The Bertz CT molecular complexity index is 542. The summed E-state index contributed by atoms with van der Waals surface area (Å²) in [6.45, 7) is 5.79. The normalized spacial score (nSPS) is 11.0. The van der Waals surface area contributed by atoms with Crippen LogP contribution in [0.4, 0.5) is 0 Å². The van der Waals surface area contributed by atoms with Gasteiger partial charge in [0.15, 0.2) is 0 Å². The Morgan fingerprint density at radius 3 is 2.48 bits per heavy atom. The Kier molecular flexibility index (Phi) is 8.66. The quantitative estimate of drug-likeness (QED) is 0.531. The maximum absolute atomic E-state index is 11.0. The first kappa shape index (κ1) is 19.5. The third-order valence-electron chi connectivity index (χ3n) is 3.94. The standard InChI is InChI=1S/C21H30O2/c1-4-14-21(23,15-5-2)16-13-20-12-8-11-19(17-20)10-7-6-9-18(3)22/h8,11-12,17,23H,4-7,9-10,14-15H2,1-3H3. The third kappa shape index (κ3) is 8.00. The van der Waals surface area contributed by atoms with E-state index >= 15 is 0 Å². The molecule has 0 atom stereocenters. The highest BCUT2D eigenvalue weighted by Gasteiger charge is 2.21. The Morgan fingerprint density at radius 1 is 1.17 bits per heavy atom. The van der Waals surface area contributed by atoms with Crippen molar-refractivity contribution in [2.24, 2.45) is 0 Å². The summed E-state index contributed by atoms with van der Waals surface area (Å²) in [5.74, 6) is 6.49. The molecule has 126 valence electrons. The lowest BCUT2D eigenvalue weighted by Gasteiger charge is -2.20. The summed E-state index contributed by atoms with van der Waals surface area (Å²) in [6.07, 6.45) is 6.90. The molecule has 0 amide bonds. The topological polar surface area (TPSA) is 37.3 Å². The predicted octanol–water partition coefficient (Wildman–Crippen LogP) is 4.67. The van der Waals surface area contributed by atoms with Gasteiger partial charge in [-0.05, 0) is 56.7 Å². The summed E-state index contributed by atoms with van der Waals surface area (Å²) in [7, 11) is 0. The number of unbranched alkanes of at least 4 members (excludes halogenated alkanes) is 1. The monoisotopic (exact) mass is 314 g/mol. The van der Waals surface area contributed by atoms with Gasteiger partial charge < -0.3 is 9.90 Å². The Labute approximate surface area is 141 Å². The van der Waals surface area contributed by atoms with E-state index in [1.54, 1.807) is 6.92 Å². The van der Waals surface area contributed by atoms with Crippen LogP contribution in [0, 0.1) is 11.8 Å². The number of carbonyl (C=O) groups excluding carboxylic acids is 1. The molecule has 1 rings (SSSR count). The minimum absolute atomic E-state index is 0.260. The second-order valence-electron chi connectivity index (χ2n) is 6.39. The summed E-state index contributed by atoms with van der Waals surface area (Å²) in [5, 5.41) is 10.6. The molecule has 0 bridgehead atoms. The van der Waals surface area contributed by atoms with Crippen LogP contribution in [-0.4, -0.2) is 16.5 Å². The molecule has 0 spiro atoms. The van der Waals surface area contributed by atoms with Crippen LogP contribution in [-0.2, 0) is 11.2 Å². The second-order valence-corrected chi connectivity index (χ2v) is 6.39. The third-order valence-corrected chi connectivity index (χ3v) is 3.94. The average molecular weight is 314 g/mol. The number of aryl methyl sites for hydroxylation is 1. The number of hydrogen-bond acceptors (Lipinski definition) is 2. The van der Waals surface area contributed by atoms with Crippen LogP contribution < -0.4 is 0 Å². The number of carbonyl (C=O) groups is 1. The van der Waals surface area contributed by atoms with Gasteiger partial charge in [-0.1, -0.05) is 50.7 Å². The molecule has 0 saturated carbocycles. The first-order valence-electron chi connectivity index (χ1n) is 8.83. The smallest absolute Gasteiger partial charge is 0.129 e. The molecule has 0 aliphatic rings. The Morgan fingerprint density at radius 2 is 1.87 bits per heavy atom. The number of rotatable bonds is 9. The molecular formula is C21H30O2. The fourth-order valence-corrected chi connectivity index (χ4v) is 2.77. The summed E-state index contributed by atoms with van der Waals surface area (Å²) >= 11 is 0.